The summed E-state index contributed by atoms with van der Waals surface area (Å²) in [7, 11) is 0. The Bertz CT molecular complexity index is 216. The number of rotatable bonds is 3. The highest BCUT2D eigenvalue weighted by Crippen LogP contribution is 2.17. The zero-order valence-corrected chi connectivity index (χ0v) is 9.21. The van der Waals surface area contributed by atoms with E-state index in [-0.39, 0.29) is 11.5 Å². The van der Waals surface area contributed by atoms with Crippen LogP contribution in [0.3, 0.4) is 0 Å². The maximum Gasteiger partial charge on any atom is 0.307 e. The maximum absolute atomic E-state index is 10.7. The van der Waals surface area contributed by atoms with Gasteiger partial charge in [0.15, 0.2) is 0 Å². The predicted molar refractivity (Wildman–Crippen MR) is 55.3 cm³/mol. The molecule has 0 aromatic carbocycles. The molecule has 1 unspecified atom stereocenters. The first-order chi connectivity index (χ1) is 6.43. The zero-order chi connectivity index (χ0) is 10.8. The van der Waals surface area contributed by atoms with Crippen molar-refractivity contribution in [1.82, 2.24) is 10.2 Å². The molecule has 1 aliphatic heterocycles. The number of hydrogen-bond acceptors (Lipinski definition) is 3. The Balaban J connectivity index is 2.53. The summed E-state index contributed by atoms with van der Waals surface area (Å²) in [4.78, 5) is 13.0. The molecule has 0 radical (unpaired) electrons. The van der Waals surface area contributed by atoms with Crippen LogP contribution in [-0.4, -0.2) is 47.7 Å². The third-order valence-electron chi connectivity index (χ3n) is 2.89. The van der Waals surface area contributed by atoms with Gasteiger partial charge in [0.25, 0.3) is 0 Å². The molecule has 1 aliphatic rings. The minimum atomic E-state index is -0.709. The van der Waals surface area contributed by atoms with Crippen LogP contribution >= 0.6 is 0 Å². The van der Waals surface area contributed by atoms with Crippen LogP contribution in [0.2, 0.25) is 0 Å². The zero-order valence-electron chi connectivity index (χ0n) is 9.21. The lowest BCUT2D eigenvalue weighted by Crippen LogP contribution is -2.59. The number of hydrogen-bond donors (Lipinski definition) is 2. The molecule has 14 heavy (non-hydrogen) atoms. The Kier molecular flexibility index (Phi) is 3.50. The number of piperazine rings is 1. The quantitative estimate of drug-likeness (QED) is 0.692. The predicted octanol–water partition coefficient (Wildman–Crippen LogP) is 0.391. The summed E-state index contributed by atoms with van der Waals surface area (Å²) in [6.45, 7) is 9.52. The monoisotopic (exact) mass is 200 g/mol. The lowest BCUT2D eigenvalue weighted by molar-refractivity contribution is -0.142. The van der Waals surface area contributed by atoms with Crippen molar-refractivity contribution in [2.45, 2.75) is 26.3 Å². The molecule has 0 aromatic heterocycles. The van der Waals surface area contributed by atoms with Crippen LogP contribution in [-0.2, 0) is 4.79 Å². The minimum absolute atomic E-state index is 0.0714. The van der Waals surface area contributed by atoms with Gasteiger partial charge in [0.1, 0.15) is 0 Å². The van der Waals surface area contributed by atoms with Gasteiger partial charge in [0.2, 0.25) is 0 Å². The van der Waals surface area contributed by atoms with E-state index in [4.69, 9.17) is 5.11 Å². The molecule has 1 atom stereocenters. The Morgan fingerprint density at radius 3 is 2.79 bits per heavy atom. The first-order valence-corrected chi connectivity index (χ1v) is 5.12. The Morgan fingerprint density at radius 1 is 1.64 bits per heavy atom. The van der Waals surface area contributed by atoms with Crippen molar-refractivity contribution in [3.63, 3.8) is 0 Å². The van der Waals surface area contributed by atoms with Crippen LogP contribution in [0.15, 0.2) is 0 Å². The summed E-state index contributed by atoms with van der Waals surface area (Å²) < 4.78 is 0. The molecule has 0 amide bonds. The highest BCUT2D eigenvalue weighted by molar-refractivity contribution is 5.69. The van der Waals surface area contributed by atoms with Gasteiger partial charge in [-0.3, -0.25) is 9.69 Å². The van der Waals surface area contributed by atoms with Gasteiger partial charge in [-0.2, -0.15) is 0 Å². The largest absolute Gasteiger partial charge is 0.481 e. The van der Waals surface area contributed by atoms with E-state index in [0.29, 0.717) is 6.54 Å². The molecule has 1 rings (SSSR count). The molecule has 0 aromatic rings. The Labute approximate surface area is 85.3 Å². The minimum Gasteiger partial charge on any atom is -0.481 e. The molecule has 2 N–H and O–H groups in total. The topological polar surface area (TPSA) is 52.6 Å². The Morgan fingerprint density at radius 2 is 2.29 bits per heavy atom. The molecule has 82 valence electrons. The van der Waals surface area contributed by atoms with E-state index < -0.39 is 5.97 Å². The standard InChI is InChI=1S/C10H20N2O2/c1-8(9(13)14)6-12-5-4-11-7-10(12,2)3/h8,11H,4-7H2,1-3H3,(H,13,14). The van der Waals surface area contributed by atoms with Crippen LogP contribution in [0.5, 0.6) is 0 Å². The van der Waals surface area contributed by atoms with Gasteiger partial charge in [-0.15, -0.1) is 0 Å². The summed E-state index contributed by atoms with van der Waals surface area (Å²) in [5.41, 5.74) is 0.0714. The highest BCUT2D eigenvalue weighted by atomic mass is 16.4. The molecule has 0 bridgehead atoms. The molecule has 1 fully saturated rings. The van der Waals surface area contributed by atoms with Crippen molar-refractivity contribution in [2.75, 3.05) is 26.2 Å². The second-order valence-corrected chi connectivity index (χ2v) is 4.67. The normalized spacial score (nSPS) is 24.5. The molecule has 0 saturated carbocycles. The number of carboxylic acids is 1. The van der Waals surface area contributed by atoms with Gasteiger partial charge in [-0.05, 0) is 13.8 Å². The van der Waals surface area contributed by atoms with E-state index in [2.05, 4.69) is 24.1 Å². The number of carboxylic acid groups (broad SMARTS) is 1. The van der Waals surface area contributed by atoms with E-state index in [1.54, 1.807) is 6.92 Å². The third-order valence-corrected chi connectivity index (χ3v) is 2.89. The summed E-state index contributed by atoms with van der Waals surface area (Å²) in [6, 6.07) is 0. The van der Waals surface area contributed by atoms with Crippen molar-refractivity contribution in [3.05, 3.63) is 0 Å². The van der Waals surface area contributed by atoms with Crippen molar-refractivity contribution >= 4 is 5.97 Å². The van der Waals surface area contributed by atoms with Gasteiger partial charge in [-0.25, -0.2) is 0 Å². The lowest BCUT2D eigenvalue weighted by Gasteiger charge is -2.43. The average Bonchev–Trinajstić information content (AvgIpc) is 2.08. The van der Waals surface area contributed by atoms with Gasteiger partial charge >= 0.3 is 5.97 Å². The number of aliphatic carboxylic acids is 1. The third kappa shape index (κ3) is 2.69. The molecule has 4 nitrogen and oxygen atoms in total. The fraction of sp³-hybridized carbons (Fsp3) is 0.900. The molecular formula is C10H20N2O2. The van der Waals surface area contributed by atoms with Gasteiger partial charge in [-0.1, -0.05) is 6.92 Å². The van der Waals surface area contributed by atoms with E-state index in [1.807, 2.05) is 0 Å². The maximum atomic E-state index is 10.7. The van der Waals surface area contributed by atoms with E-state index in [9.17, 15) is 4.79 Å². The summed E-state index contributed by atoms with van der Waals surface area (Å²) >= 11 is 0. The number of nitrogens with one attached hydrogen (secondary N) is 1. The fourth-order valence-electron chi connectivity index (χ4n) is 1.77. The molecule has 1 heterocycles. The highest BCUT2D eigenvalue weighted by Gasteiger charge is 2.31. The fourth-order valence-corrected chi connectivity index (χ4v) is 1.77. The van der Waals surface area contributed by atoms with Crippen molar-refractivity contribution in [3.8, 4) is 0 Å². The Hall–Kier alpha value is -0.610. The molecule has 1 saturated heterocycles. The van der Waals surface area contributed by atoms with Crippen LogP contribution < -0.4 is 5.32 Å². The SMILES string of the molecule is CC(CN1CCNCC1(C)C)C(=O)O. The van der Waals surface area contributed by atoms with E-state index in [0.717, 1.165) is 19.6 Å². The van der Waals surface area contributed by atoms with Crippen molar-refractivity contribution < 1.29 is 9.90 Å². The lowest BCUT2D eigenvalue weighted by atomic mass is 9.98. The van der Waals surface area contributed by atoms with Crippen molar-refractivity contribution in [1.29, 1.82) is 0 Å². The summed E-state index contributed by atoms with van der Waals surface area (Å²) in [5, 5.41) is 12.2. The van der Waals surface area contributed by atoms with Crippen LogP contribution in [0.4, 0.5) is 0 Å². The van der Waals surface area contributed by atoms with Crippen molar-refractivity contribution in [2.24, 2.45) is 5.92 Å². The second kappa shape index (κ2) is 4.28. The van der Waals surface area contributed by atoms with Gasteiger partial charge in [0.05, 0.1) is 5.92 Å². The first-order valence-electron chi connectivity index (χ1n) is 5.12. The molecule has 0 spiro atoms. The van der Waals surface area contributed by atoms with E-state index in [1.165, 1.54) is 0 Å². The molecule has 0 aliphatic carbocycles. The average molecular weight is 200 g/mol. The molecular weight excluding hydrogens is 180 g/mol. The van der Waals surface area contributed by atoms with Crippen LogP contribution in [0.1, 0.15) is 20.8 Å². The van der Waals surface area contributed by atoms with Gasteiger partial charge < -0.3 is 10.4 Å². The smallest absolute Gasteiger partial charge is 0.307 e. The summed E-state index contributed by atoms with van der Waals surface area (Å²) in [6.07, 6.45) is 0. The summed E-state index contributed by atoms with van der Waals surface area (Å²) in [5.74, 6) is -0.994. The number of nitrogens with zero attached hydrogens (tertiary/aromatic N) is 1. The van der Waals surface area contributed by atoms with E-state index >= 15 is 0 Å². The van der Waals surface area contributed by atoms with Gasteiger partial charge in [0, 0.05) is 31.7 Å². The van der Waals surface area contributed by atoms with Crippen LogP contribution in [0.25, 0.3) is 0 Å². The first kappa shape index (κ1) is 11.5. The molecule has 4 heteroatoms. The second-order valence-electron chi connectivity index (χ2n) is 4.67. The van der Waals surface area contributed by atoms with Crippen LogP contribution in [0, 0.1) is 5.92 Å². The number of carbonyl (C=O) groups is 1.